The first kappa shape index (κ1) is 13.6. The van der Waals surface area contributed by atoms with Crippen molar-refractivity contribution >= 4 is 16.0 Å². The second kappa shape index (κ2) is 4.56. The Labute approximate surface area is 116 Å². The first-order chi connectivity index (χ1) is 9.40. The predicted molar refractivity (Wildman–Crippen MR) is 69.4 cm³/mol. The number of rotatable bonds is 4. The van der Waals surface area contributed by atoms with Crippen LogP contribution in [-0.2, 0) is 14.8 Å². The van der Waals surface area contributed by atoms with Gasteiger partial charge in [-0.3, -0.25) is 9.89 Å². The summed E-state index contributed by atoms with van der Waals surface area (Å²) in [5, 5.41) is 15.6. The Morgan fingerprint density at radius 1 is 1.45 bits per heavy atom. The number of sulfonamides is 1. The first-order valence-corrected chi connectivity index (χ1v) is 8.13. The highest BCUT2D eigenvalue weighted by Gasteiger charge is 2.52. The summed E-state index contributed by atoms with van der Waals surface area (Å²) in [4.78, 5) is 11.5. The zero-order valence-corrected chi connectivity index (χ0v) is 11.9. The smallest absolute Gasteiger partial charge is 0.308 e. The number of carboxylic acids is 1. The molecule has 8 heteroatoms. The monoisotopic (exact) mass is 299 g/mol. The lowest BCUT2D eigenvalue weighted by Gasteiger charge is -2.28. The molecule has 0 aliphatic heterocycles. The van der Waals surface area contributed by atoms with Crippen LogP contribution >= 0.6 is 0 Å². The molecule has 3 rings (SSSR count). The molecule has 3 N–H and O–H groups in total. The summed E-state index contributed by atoms with van der Waals surface area (Å²) in [5.41, 5.74) is 0.451. The van der Waals surface area contributed by atoms with Gasteiger partial charge in [-0.25, -0.2) is 13.1 Å². The lowest BCUT2D eigenvalue weighted by molar-refractivity contribution is -0.144. The number of fused-ring (bicyclic) bond motifs is 2. The van der Waals surface area contributed by atoms with Crippen molar-refractivity contribution in [2.75, 3.05) is 0 Å². The summed E-state index contributed by atoms with van der Waals surface area (Å²) in [7, 11) is -3.73. The van der Waals surface area contributed by atoms with Crippen LogP contribution in [0.3, 0.4) is 0 Å². The first-order valence-electron chi connectivity index (χ1n) is 6.65. The third-order valence-electron chi connectivity index (χ3n) is 4.57. The maximum atomic E-state index is 12.4. The molecule has 2 fully saturated rings. The zero-order valence-electron chi connectivity index (χ0n) is 11.0. The van der Waals surface area contributed by atoms with E-state index >= 15 is 0 Å². The van der Waals surface area contributed by atoms with E-state index in [9.17, 15) is 18.3 Å². The van der Waals surface area contributed by atoms with Crippen molar-refractivity contribution in [3.8, 4) is 0 Å². The molecule has 0 radical (unpaired) electrons. The molecule has 0 spiro atoms. The molecule has 2 bridgehead atoms. The number of hydrogen-bond acceptors (Lipinski definition) is 4. The quantitative estimate of drug-likeness (QED) is 0.749. The van der Waals surface area contributed by atoms with E-state index in [1.54, 1.807) is 6.92 Å². The molecule has 7 nitrogen and oxygen atoms in total. The summed E-state index contributed by atoms with van der Waals surface area (Å²) in [6.45, 7) is 1.62. The van der Waals surface area contributed by atoms with E-state index in [-0.39, 0.29) is 16.7 Å². The molecule has 2 aliphatic carbocycles. The van der Waals surface area contributed by atoms with Gasteiger partial charge < -0.3 is 5.11 Å². The molecule has 1 aromatic heterocycles. The molecule has 20 heavy (non-hydrogen) atoms. The SMILES string of the molecule is Cc1[nH]ncc1S(=O)(=O)NC1C2CCC(C2)C1C(=O)O. The fraction of sp³-hybridized carbons (Fsp3) is 0.667. The van der Waals surface area contributed by atoms with Gasteiger partial charge in [0, 0.05) is 6.04 Å². The number of H-pyrrole nitrogens is 1. The van der Waals surface area contributed by atoms with Gasteiger partial charge in [0.05, 0.1) is 17.8 Å². The molecular weight excluding hydrogens is 282 g/mol. The lowest BCUT2D eigenvalue weighted by atomic mass is 9.85. The number of nitrogens with one attached hydrogen (secondary N) is 2. The van der Waals surface area contributed by atoms with Gasteiger partial charge in [0.2, 0.25) is 10.0 Å². The van der Waals surface area contributed by atoms with E-state index in [2.05, 4.69) is 14.9 Å². The van der Waals surface area contributed by atoms with Gasteiger partial charge in [0.25, 0.3) is 0 Å². The van der Waals surface area contributed by atoms with E-state index in [4.69, 9.17) is 0 Å². The van der Waals surface area contributed by atoms with E-state index in [0.717, 1.165) is 19.3 Å². The van der Waals surface area contributed by atoms with E-state index in [1.807, 2.05) is 0 Å². The lowest BCUT2D eigenvalue weighted by Crippen LogP contribution is -2.46. The van der Waals surface area contributed by atoms with Crippen molar-refractivity contribution < 1.29 is 18.3 Å². The van der Waals surface area contributed by atoms with E-state index < -0.39 is 28.0 Å². The Bertz CT molecular complexity index is 639. The Morgan fingerprint density at radius 3 is 2.75 bits per heavy atom. The van der Waals surface area contributed by atoms with E-state index in [0.29, 0.717) is 5.69 Å². The molecular formula is C12H17N3O4S. The number of nitrogens with zero attached hydrogens (tertiary/aromatic N) is 1. The van der Waals surface area contributed by atoms with Crippen LogP contribution in [-0.4, -0.2) is 35.7 Å². The average molecular weight is 299 g/mol. The number of aliphatic carboxylic acids is 1. The molecule has 4 atom stereocenters. The van der Waals surface area contributed by atoms with E-state index in [1.165, 1.54) is 6.20 Å². The highest BCUT2D eigenvalue weighted by molar-refractivity contribution is 7.89. The molecule has 1 heterocycles. The van der Waals surface area contributed by atoms with Crippen molar-refractivity contribution in [2.45, 2.75) is 37.1 Å². The Kier molecular flexibility index (Phi) is 3.09. The summed E-state index contributed by atoms with van der Waals surface area (Å²) in [6, 6.07) is -0.509. The molecule has 0 saturated heterocycles. The van der Waals surface area contributed by atoms with Gasteiger partial charge in [-0.1, -0.05) is 0 Å². The summed E-state index contributed by atoms with van der Waals surface area (Å²) < 4.78 is 27.3. The van der Waals surface area contributed by atoms with Gasteiger partial charge in [-0.05, 0) is 38.0 Å². The number of hydrogen-bond donors (Lipinski definition) is 3. The van der Waals surface area contributed by atoms with Gasteiger partial charge in [-0.2, -0.15) is 5.10 Å². The third-order valence-corrected chi connectivity index (χ3v) is 6.14. The minimum Gasteiger partial charge on any atom is -0.481 e. The zero-order chi connectivity index (χ0) is 14.5. The third kappa shape index (κ3) is 2.03. The summed E-state index contributed by atoms with van der Waals surface area (Å²) >= 11 is 0. The van der Waals surface area contributed by atoms with Crippen LogP contribution in [0.5, 0.6) is 0 Å². The number of aromatic amines is 1. The number of aromatic nitrogens is 2. The van der Waals surface area contributed by atoms with Gasteiger partial charge in [0.1, 0.15) is 4.90 Å². The molecule has 4 unspecified atom stereocenters. The van der Waals surface area contributed by atoms with Crippen LogP contribution in [0, 0.1) is 24.7 Å². The van der Waals surface area contributed by atoms with Gasteiger partial charge in [0.15, 0.2) is 0 Å². The largest absolute Gasteiger partial charge is 0.481 e. The standard InChI is InChI=1S/C12H17N3O4S/c1-6-9(5-13-14-6)20(18,19)15-11-8-3-2-7(4-8)10(11)12(16)17/h5,7-8,10-11,15H,2-4H2,1H3,(H,13,14)(H,16,17). The number of carboxylic acid groups (broad SMARTS) is 1. The molecule has 2 saturated carbocycles. The second-order valence-electron chi connectivity index (χ2n) is 5.70. The van der Waals surface area contributed by atoms with Gasteiger partial charge in [-0.15, -0.1) is 0 Å². The Balaban J connectivity index is 1.87. The van der Waals surface area contributed by atoms with Crippen molar-refractivity contribution in [1.82, 2.24) is 14.9 Å². The number of carbonyl (C=O) groups is 1. The maximum Gasteiger partial charge on any atom is 0.308 e. The average Bonchev–Trinajstić information content (AvgIpc) is 3.02. The van der Waals surface area contributed by atoms with Crippen LogP contribution in [0.4, 0.5) is 0 Å². The maximum absolute atomic E-state index is 12.4. The van der Waals surface area contributed by atoms with Crippen LogP contribution < -0.4 is 4.72 Å². The minimum absolute atomic E-state index is 0.0874. The molecule has 1 aromatic rings. The fourth-order valence-corrected chi connectivity index (χ4v) is 5.13. The van der Waals surface area contributed by atoms with Crippen molar-refractivity contribution in [1.29, 1.82) is 0 Å². The van der Waals surface area contributed by atoms with Crippen LogP contribution in [0.1, 0.15) is 25.0 Å². The number of aryl methyl sites for hydroxylation is 1. The summed E-state index contributed by atoms with van der Waals surface area (Å²) in [6.07, 6.45) is 3.83. The van der Waals surface area contributed by atoms with Gasteiger partial charge >= 0.3 is 5.97 Å². The van der Waals surface area contributed by atoms with Crippen molar-refractivity contribution in [3.05, 3.63) is 11.9 Å². The summed E-state index contributed by atoms with van der Waals surface area (Å²) in [5.74, 6) is -1.30. The minimum atomic E-state index is -3.73. The van der Waals surface area contributed by atoms with Crippen LogP contribution in [0.15, 0.2) is 11.1 Å². The molecule has 110 valence electrons. The highest BCUT2D eigenvalue weighted by Crippen LogP contribution is 2.49. The second-order valence-corrected chi connectivity index (χ2v) is 7.39. The Hall–Kier alpha value is -1.41. The normalized spacial score (nSPS) is 32.6. The van der Waals surface area contributed by atoms with Crippen molar-refractivity contribution in [3.63, 3.8) is 0 Å². The van der Waals surface area contributed by atoms with Crippen molar-refractivity contribution in [2.24, 2.45) is 17.8 Å². The fourth-order valence-electron chi connectivity index (χ4n) is 3.67. The molecule has 2 aliphatic rings. The van der Waals surface area contributed by atoms with Crippen LogP contribution in [0.25, 0.3) is 0 Å². The highest BCUT2D eigenvalue weighted by atomic mass is 32.2. The molecule has 0 aromatic carbocycles. The predicted octanol–water partition coefficient (Wildman–Crippen LogP) is 0.496. The topological polar surface area (TPSA) is 112 Å². The van der Waals surface area contributed by atoms with Crippen LogP contribution in [0.2, 0.25) is 0 Å². The Morgan fingerprint density at radius 2 is 2.15 bits per heavy atom. The molecule has 0 amide bonds.